The number of rotatable bonds is 4. The zero-order chi connectivity index (χ0) is 22.8. The van der Waals surface area contributed by atoms with Crippen LogP contribution in [-0.4, -0.2) is 43.7 Å². The average molecular weight is 442 g/mol. The number of nitrogens with zero attached hydrogens (tertiary/aromatic N) is 1. The molecule has 0 saturated carbocycles. The number of likely N-dealkylation sites (tertiary alicyclic amines) is 1. The van der Waals surface area contributed by atoms with Crippen LogP contribution in [0.5, 0.6) is 17.2 Å². The van der Waals surface area contributed by atoms with Gasteiger partial charge in [0.1, 0.15) is 11.4 Å². The maximum atomic E-state index is 13.2. The summed E-state index contributed by atoms with van der Waals surface area (Å²) in [5.41, 5.74) is 3.65. The number of piperidine rings is 1. The Bertz CT molecular complexity index is 1190. The molecule has 5 nitrogen and oxygen atoms in total. The van der Waals surface area contributed by atoms with Crippen molar-refractivity contribution in [3.8, 4) is 17.2 Å². The summed E-state index contributed by atoms with van der Waals surface area (Å²) >= 11 is 0. The molecule has 3 aromatic rings. The van der Waals surface area contributed by atoms with E-state index in [1.807, 2.05) is 29.2 Å². The lowest BCUT2D eigenvalue weighted by Crippen LogP contribution is -2.49. The van der Waals surface area contributed by atoms with E-state index in [9.17, 15) is 4.79 Å². The highest BCUT2D eigenvalue weighted by molar-refractivity contribution is 5.95. The molecule has 1 spiro atoms. The van der Waals surface area contributed by atoms with Gasteiger partial charge in [-0.15, -0.1) is 0 Å². The zero-order valence-corrected chi connectivity index (χ0v) is 18.9. The highest BCUT2D eigenvalue weighted by Crippen LogP contribution is 2.43. The van der Waals surface area contributed by atoms with E-state index in [0.717, 1.165) is 24.2 Å². The molecular weight excluding hydrogens is 414 g/mol. The number of ether oxygens (including phenoxy) is 3. The van der Waals surface area contributed by atoms with E-state index < -0.39 is 5.60 Å². The summed E-state index contributed by atoms with van der Waals surface area (Å²) in [5.74, 6) is 2.06. The van der Waals surface area contributed by atoms with Crippen LogP contribution in [0.2, 0.25) is 0 Å². The number of hydrogen-bond donors (Lipinski definition) is 0. The predicted molar refractivity (Wildman–Crippen MR) is 128 cm³/mol. The van der Waals surface area contributed by atoms with Crippen molar-refractivity contribution in [3.63, 3.8) is 0 Å². The Labute approximate surface area is 194 Å². The number of benzene rings is 3. The van der Waals surface area contributed by atoms with Gasteiger partial charge in [0.25, 0.3) is 5.91 Å². The minimum Gasteiger partial charge on any atom is -0.493 e. The molecule has 3 aromatic carbocycles. The Balaban J connectivity index is 1.39. The lowest BCUT2D eigenvalue weighted by molar-refractivity contribution is 0.0326. The van der Waals surface area contributed by atoms with E-state index in [2.05, 4.69) is 36.4 Å². The van der Waals surface area contributed by atoms with Gasteiger partial charge < -0.3 is 19.1 Å². The van der Waals surface area contributed by atoms with Crippen molar-refractivity contribution in [2.45, 2.75) is 18.4 Å². The van der Waals surface area contributed by atoms with E-state index in [-0.39, 0.29) is 5.91 Å². The maximum absolute atomic E-state index is 13.2. The molecule has 0 radical (unpaired) electrons. The summed E-state index contributed by atoms with van der Waals surface area (Å²) in [5, 5.41) is 0. The number of carbonyl (C=O) groups excluding carboxylic acids is 1. The molecule has 168 valence electrons. The van der Waals surface area contributed by atoms with Crippen LogP contribution in [-0.2, 0) is 0 Å². The molecular formula is C28H27NO4. The average Bonchev–Trinajstić information content (AvgIpc) is 2.88. The molecule has 1 fully saturated rings. The second kappa shape index (κ2) is 8.66. The number of para-hydroxylation sites is 1. The molecule has 0 aromatic heterocycles. The molecule has 2 aliphatic heterocycles. The third-order valence-electron chi connectivity index (χ3n) is 6.51. The molecule has 0 N–H and O–H groups in total. The van der Waals surface area contributed by atoms with E-state index in [1.165, 1.54) is 11.1 Å². The van der Waals surface area contributed by atoms with Gasteiger partial charge in [-0.1, -0.05) is 48.5 Å². The fourth-order valence-corrected chi connectivity index (χ4v) is 4.71. The molecule has 2 aliphatic rings. The van der Waals surface area contributed by atoms with Crippen LogP contribution in [0.3, 0.4) is 0 Å². The van der Waals surface area contributed by atoms with E-state index >= 15 is 0 Å². The van der Waals surface area contributed by atoms with E-state index in [4.69, 9.17) is 14.2 Å². The minimum atomic E-state index is -0.423. The molecule has 0 unspecified atom stereocenters. The SMILES string of the molecule is COc1ccc(C(=O)N2CCC3(C=C(c4ccccc4)c4ccccc4O3)CC2)cc1OC. The Kier molecular flexibility index (Phi) is 5.55. The first-order valence-electron chi connectivity index (χ1n) is 11.2. The molecule has 5 rings (SSSR count). The summed E-state index contributed by atoms with van der Waals surface area (Å²) in [6.07, 6.45) is 3.73. The number of hydrogen-bond acceptors (Lipinski definition) is 4. The number of carbonyl (C=O) groups is 1. The Morgan fingerprint density at radius 2 is 1.58 bits per heavy atom. The van der Waals surface area contributed by atoms with Crippen molar-refractivity contribution in [2.75, 3.05) is 27.3 Å². The van der Waals surface area contributed by atoms with Gasteiger partial charge in [-0.2, -0.15) is 0 Å². The molecule has 33 heavy (non-hydrogen) atoms. The lowest BCUT2D eigenvalue weighted by Gasteiger charge is -2.43. The molecule has 1 saturated heterocycles. The van der Waals surface area contributed by atoms with Crippen LogP contribution < -0.4 is 14.2 Å². The summed E-state index contributed by atoms with van der Waals surface area (Å²) in [4.78, 5) is 15.1. The van der Waals surface area contributed by atoms with Gasteiger partial charge >= 0.3 is 0 Å². The van der Waals surface area contributed by atoms with Crippen molar-refractivity contribution in [1.82, 2.24) is 4.90 Å². The van der Waals surface area contributed by atoms with Crippen LogP contribution in [0.1, 0.15) is 34.3 Å². The minimum absolute atomic E-state index is 0.00530. The molecule has 0 atom stereocenters. The molecule has 5 heteroatoms. The fourth-order valence-electron chi connectivity index (χ4n) is 4.71. The fraction of sp³-hybridized carbons (Fsp3) is 0.250. The van der Waals surface area contributed by atoms with Crippen LogP contribution in [0.4, 0.5) is 0 Å². The van der Waals surface area contributed by atoms with Gasteiger partial charge in [-0.05, 0) is 41.5 Å². The quantitative estimate of drug-likeness (QED) is 0.558. The summed E-state index contributed by atoms with van der Waals surface area (Å²) in [7, 11) is 3.16. The standard InChI is InChI=1S/C28H27NO4/c1-31-25-13-12-21(18-26(25)32-2)27(30)29-16-14-28(15-17-29)19-23(20-8-4-3-5-9-20)22-10-6-7-11-24(22)33-28/h3-13,18-19H,14-17H2,1-2H3. The topological polar surface area (TPSA) is 48.0 Å². The van der Waals surface area contributed by atoms with Crippen molar-refractivity contribution >= 4 is 11.5 Å². The van der Waals surface area contributed by atoms with Gasteiger partial charge in [0.15, 0.2) is 11.5 Å². The number of fused-ring (bicyclic) bond motifs is 1. The van der Waals surface area contributed by atoms with Gasteiger partial charge in [0.05, 0.1) is 14.2 Å². The Morgan fingerprint density at radius 3 is 2.30 bits per heavy atom. The molecule has 0 bridgehead atoms. The molecule has 0 aliphatic carbocycles. The smallest absolute Gasteiger partial charge is 0.253 e. The lowest BCUT2D eigenvalue weighted by atomic mass is 9.83. The zero-order valence-electron chi connectivity index (χ0n) is 18.9. The van der Waals surface area contributed by atoms with Gasteiger partial charge in [0, 0.05) is 37.1 Å². The van der Waals surface area contributed by atoms with Crippen LogP contribution in [0.15, 0.2) is 78.9 Å². The second-order valence-electron chi connectivity index (χ2n) is 8.45. The van der Waals surface area contributed by atoms with Gasteiger partial charge in [-0.3, -0.25) is 4.79 Å². The second-order valence-corrected chi connectivity index (χ2v) is 8.45. The van der Waals surface area contributed by atoms with Crippen LogP contribution >= 0.6 is 0 Å². The Hall–Kier alpha value is -3.73. The Morgan fingerprint density at radius 1 is 0.879 bits per heavy atom. The van der Waals surface area contributed by atoms with Gasteiger partial charge in [0.2, 0.25) is 0 Å². The summed E-state index contributed by atoms with van der Waals surface area (Å²) < 4.78 is 17.2. The monoisotopic (exact) mass is 441 g/mol. The van der Waals surface area contributed by atoms with E-state index in [1.54, 1.807) is 32.4 Å². The van der Waals surface area contributed by atoms with Crippen molar-refractivity contribution < 1.29 is 19.0 Å². The normalized spacial score (nSPS) is 16.4. The van der Waals surface area contributed by atoms with E-state index in [0.29, 0.717) is 30.2 Å². The van der Waals surface area contributed by atoms with Crippen LogP contribution in [0, 0.1) is 0 Å². The third-order valence-corrected chi connectivity index (χ3v) is 6.51. The summed E-state index contributed by atoms with van der Waals surface area (Å²) in [6.45, 7) is 1.24. The highest BCUT2D eigenvalue weighted by atomic mass is 16.5. The first-order chi connectivity index (χ1) is 16.1. The number of amides is 1. The molecule has 2 heterocycles. The highest BCUT2D eigenvalue weighted by Gasteiger charge is 2.40. The number of methoxy groups -OCH3 is 2. The van der Waals surface area contributed by atoms with Crippen molar-refractivity contribution in [3.05, 3.63) is 95.6 Å². The predicted octanol–water partition coefficient (Wildman–Crippen LogP) is 5.20. The van der Waals surface area contributed by atoms with Crippen molar-refractivity contribution in [2.24, 2.45) is 0 Å². The maximum Gasteiger partial charge on any atom is 0.253 e. The first-order valence-corrected chi connectivity index (χ1v) is 11.2. The van der Waals surface area contributed by atoms with Crippen LogP contribution in [0.25, 0.3) is 5.57 Å². The first kappa shape index (κ1) is 21.1. The molecule has 1 amide bonds. The third kappa shape index (κ3) is 3.95. The van der Waals surface area contributed by atoms with Gasteiger partial charge in [-0.25, -0.2) is 0 Å². The van der Waals surface area contributed by atoms with Crippen molar-refractivity contribution in [1.29, 1.82) is 0 Å². The summed E-state index contributed by atoms with van der Waals surface area (Å²) in [6, 6.07) is 23.9. The largest absolute Gasteiger partial charge is 0.493 e.